The van der Waals surface area contributed by atoms with Gasteiger partial charge in [0.05, 0.1) is 32.5 Å². The number of rotatable bonds is 5. The van der Waals surface area contributed by atoms with Gasteiger partial charge in [0.2, 0.25) is 0 Å². The second-order valence-corrected chi connectivity index (χ2v) is 3.62. The first-order valence-electron chi connectivity index (χ1n) is 5.40. The highest BCUT2D eigenvalue weighted by Crippen LogP contribution is 2.07. The predicted octanol–water partition coefficient (Wildman–Crippen LogP) is 0.418. The van der Waals surface area contributed by atoms with Crippen molar-refractivity contribution in [1.82, 2.24) is 4.90 Å². The lowest BCUT2D eigenvalue weighted by Crippen LogP contribution is -2.31. The maximum Gasteiger partial charge on any atom is 0.407 e. The van der Waals surface area contributed by atoms with E-state index in [4.69, 9.17) is 19.3 Å². The van der Waals surface area contributed by atoms with Crippen LogP contribution < -0.4 is 0 Å². The van der Waals surface area contributed by atoms with Crippen LogP contribution in [0.2, 0.25) is 0 Å². The fourth-order valence-electron chi connectivity index (χ4n) is 1.50. The molecule has 0 saturated carbocycles. The first-order chi connectivity index (χ1) is 7.74. The summed E-state index contributed by atoms with van der Waals surface area (Å²) in [6.07, 6.45) is -0.218. The Bertz CT molecular complexity index is 211. The normalized spacial score (nSPS) is 21.8. The third-order valence-electron chi connectivity index (χ3n) is 2.44. The lowest BCUT2D eigenvalue weighted by atomic mass is 10.2. The van der Waals surface area contributed by atoms with Crippen molar-refractivity contribution >= 4 is 6.09 Å². The number of hydrogen-bond acceptors (Lipinski definition) is 4. The topological polar surface area (TPSA) is 68.2 Å². The molecule has 0 radical (unpaired) electrons. The molecule has 94 valence electrons. The van der Waals surface area contributed by atoms with Gasteiger partial charge in [0.25, 0.3) is 0 Å². The molecule has 1 rings (SSSR count). The molecule has 0 bridgehead atoms. The number of nitrogens with zero attached hydrogens (tertiary/aromatic N) is 1. The summed E-state index contributed by atoms with van der Waals surface area (Å²) in [5, 5.41) is 8.82. The van der Waals surface area contributed by atoms with Crippen LogP contribution in [0, 0.1) is 0 Å². The van der Waals surface area contributed by atoms with Crippen LogP contribution in [-0.2, 0) is 14.2 Å². The van der Waals surface area contributed by atoms with Crippen molar-refractivity contribution in [2.75, 3.05) is 46.6 Å². The highest BCUT2D eigenvalue weighted by Gasteiger charge is 2.20. The first kappa shape index (κ1) is 13.2. The van der Waals surface area contributed by atoms with E-state index < -0.39 is 6.09 Å². The fourth-order valence-corrected chi connectivity index (χ4v) is 1.50. The monoisotopic (exact) mass is 233 g/mol. The zero-order valence-corrected chi connectivity index (χ0v) is 9.55. The van der Waals surface area contributed by atoms with Gasteiger partial charge >= 0.3 is 6.09 Å². The van der Waals surface area contributed by atoms with Gasteiger partial charge in [0, 0.05) is 20.2 Å². The molecule has 0 aromatic heterocycles. The second-order valence-electron chi connectivity index (χ2n) is 3.62. The Morgan fingerprint density at radius 2 is 2.31 bits per heavy atom. The molecule has 0 unspecified atom stereocenters. The minimum absolute atomic E-state index is 0.0128. The van der Waals surface area contributed by atoms with Crippen LogP contribution in [0.25, 0.3) is 0 Å². The van der Waals surface area contributed by atoms with E-state index in [1.807, 2.05) is 0 Å². The van der Waals surface area contributed by atoms with Crippen molar-refractivity contribution in [1.29, 1.82) is 0 Å². The summed E-state index contributed by atoms with van der Waals surface area (Å²) in [6, 6.07) is 0. The molecule has 1 heterocycles. The zero-order valence-electron chi connectivity index (χ0n) is 9.55. The molecule has 1 fully saturated rings. The molecule has 1 aliphatic heterocycles. The van der Waals surface area contributed by atoms with Crippen molar-refractivity contribution in [3.05, 3.63) is 0 Å². The standard InChI is InChI=1S/C10H19NO5/c1-14-6-7-15-8-9-2-3-11(10(12)13)4-5-16-9/h9H,2-8H2,1H3,(H,12,13)/t9-/m0/s1. The molecule has 0 aliphatic carbocycles. The Labute approximate surface area is 95.1 Å². The average Bonchev–Trinajstić information content (AvgIpc) is 2.50. The van der Waals surface area contributed by atoms with Gasteiger partial charge in [-0.3, -0.25) is 0 Å². The van der Waals surface area contributed by atoms with E-state index in [1.165, 1.54) is 4.90 Å². The Hall–Kier alpha value is -0.850. The molecule has 0 aromatic rings. The van der Waals surface area contributed by atoms with E-state index >= 15 is 0 Å². The summed E-state index contributed by atoms with van der Waals surface area (Å²) in [7, 11) is 1.62. The van der Waals surface area contributed by atoms with Crippen LogP contribution in [0.3, 0.4) is 0 Å². The van der Waals surface area contributed by atoms with Crippen LogP contribution in [-0.4, -0.2) is 68.8 Å². The molecule has 0 aromatic carbocycles. The van der Waals surface area contributed by atoms with Gasteiger partial charge in [-0.25, -0.2) is 4.79 Å². The van der Waals surface area contributed by atoms with Crippen LogP contribution in [0.5, 0.6) is 0 Å². The van der Waals surface area contributed by atoms with E-state index in [9.17, 15) is 4.79 Å². The van der Waals surface area contributed by atoms with Gasteiger partial charge in [-0.1, -0.05) is 0 Å². The average molecular weight is 233 g/mol. The van der Waals surface area contributed by atoms with Crippen molar-refractivity contribution < 1.29 is 24.1 Å². The minimum Gasteiger partial charge on any atom is -0.465 e. The van der Waals surface area contributed by atoms with Crippen LogP contribution >= 0.6 is 0 Å². The summed E-state index contributed by atoms with van der Waals surface area (Å²) >= 11 is 0. The van der Waals surface area contributed by atoms with Crippen LogP contribution in [0.4, 0.5) is 4.79 Å². The van der Waals surface area contributed by atoms with Gasteiger partial charge in [0.1, 0.15) is 0 Å². The van der Waals surface area contributed by atoms with E-state index in [0.29, 0.717) is 45.9 Å². The Morgan fingerprint density at radius 1 is 1.50 bits per heavy atom. The van der Waals surface area contributed by atoms with Crippen LogP contribution in [0.15, 0.2) is 0 Å². The molecule has 6 nitrogen and oxygen atoms in total. The van der Waals surface area contributed by atoms with E-state index in [2.05, 4.69) is 0 Å². The zero-order chi connectivity index (χ0) is 11.8. The fraction of sp³-hybridized carbons (Fsp3) is 0.900. The van der Waals surface area contributed by atoms with Crippen molar-refractivity contribution in [3.8, 4) is 0 Å². The van der Waals surface area contributed by atoms with Crippen molar-refractivity contribution in [3.63, 3.8) is 0 Å². The first-order valence-corrected chi connectivity index (χ1v) is 5.40. The molecular formula is C10H19NO5. The van der Waals surface area contributed by atoms with Gasteiger partial charge in [-0.15, -0.1) is 0 Å². The number of hydrogen-bond donors (Lipinski definition) is 1. The molecule has 1 saturated heterocycles. The summed E-state index contributed by atoms with van der Waals surface area (Å²) in [6.45, 7) is 2.98. The summed E-state index contributed by atoms with van der Waals surface area (Å²) in [5.41, 5.74) is 0. The molecule has 1 aliphatic rings. The largest absolute Gasteiger partial charge is 0.465 e. The third kappa shape index (κ3) is 4.78. The quantitative estimate of drug-likeness (QED) is 0.697. The molecule has 1 atom stereocenters. The number of carbonyl (C=O) groups is 1. The van der Waals surface area contributed by atoms with Gasteiger partial charge in [-0.05, 0) is 6.42 Å². The van der Waals surface area contributed by atoms with Gasteiger partial charge in [0.15, 0.2) is 0 Å². The molecule has 6 heteroatoms. The Kier molecular flexibility index (Phi) is 6.14. The highest BCUT2D eigenvalue weighted by molar-refractivity contribution is 5.64. The molecule has 0 spiro atoms. The van der Waals surface area contributed by atoms with Crippen molar-refractivity contribution in [2.24, 2.45) is 0 Å². The molecule has 16 heavy (non-hydrogen) atoms. The van der Waals surface area contributed by atoms with Gasteiger partial charge < -0.3 is 24.2 Å². The SMILES string of the molecule is COCCOC[C@@H]1CCN(C(=O)O)CCO1. The molecule has 1 amide bonds. The summed E-state index contributed by atoms with van der Waals surface area (Å²) < 4.78 is 15.7. The molecular weight excluding hydrogens is 214 g/mol. The Morgan fingerprint density at radius 3 is 3.00 bits per heavy atom. The summed E-state index contributed by atoms with van der Waals surface area (Å²) in [4.78, 5) is 12.1. The molecule has 1 N–H and O–H groups in total. The third-order valence-corrected chi connectivity index (χ3v) is 2.44. The minimum atomic E-state index is -0.885. The number of ether oxygens (including phenoxy) is 3. The maximum atomic E-state index is 10.7. The Balaban J connectivity index is 2.17. The lowest BCUT2D eigenvalue weighted by Gasteiger charge is -2.15. The summed E-state index contributed by atoms with van der Waals surface area (Å²) in [5.74, 6) is 0. The highest BCUT2D eigenvalue weighted by atomic mass is 16.5. The smallest absolute Gasteiger partial charge is 0.407 e. The van der Waals surface area contributed by atoms with E-state index in [-0.39, 0.29) is 6.10 Å². The predicted molar refractivity (Wildman–Crippen MR) is 56.6 cm³/mol. The lowest BCUT2D eigenvalue weighted by molar-refractivity contribution is -0.0220. The van der Waals surface area contributed by atoms with Crippen molar-refractivity contribution in [2.45, 2.75) is 12.5 Å². The van der Waals surface area contributed by atoms with Gasteiger partial charge in [-0.2, -0.15) is 0 Å². The number of amides is 1. The number of carboxylic acid groups (broad SMARTS) is 1. The maximum absolute atomic E-state index is 10.7. The van der Waals surface area contributed by atoms with E-state index in [0.717, 1.165) is 0 Å². The number of methoxy groups -OCH3 is 1. The second kappa shape index (κ2) is 7.43. The van der Waals surface area contributed by atoms with Crippen LogP contribution in [0.1, 0.15) is 6.42 Å². The van der Waals surface area contributed by atoms with E-state index in [1.54, 1.807) is 7.11 Å².